The molecule has 1 aromatic heterocycles. The van der Waals surface area contributed by atoms with Gasteiger partial charge in [-0.1, -0.05) is 6.07 Å². The van der Waals surface area contributed by atoms with E-state index in [1.54, 1.807) is 31.4 Å². The van der Waals surface area contributed by atoms with Crippen LogP contribution in [0.3, 0.4) is 0 Å². The second-order valence-corrected chi connectivity index (χ2v) is 6.56. The van der Waals surface area contributed by atoms with Gasteiger partial charge in [-0.2, -0.15) is 0 Å². The van der Waals surface area contributed by atoms with Crippen molar-refractivity contribution in [1.82, 2.24) is 9.88 Å². The fourth-order valence-corrected chi connectivity index (χ4v) is 4.05. The Morgan fingerprint density at radius 1 is 1.25 bits per heavy atom. The van der Waals surface area contributed by atoms with Crippen molar-refractivity contribution in [2.75, 3.05) is 18.5 Å². The predicted molar refractivity (Wildman–Crippen MR) is 83.9 cm³/mol. The molecule has 0 aliphatic carbocycles. The molecule has 3 saturated heterocycles. The lowest BCUT2D eigenvalue weighted by molar-refractivity contribution is -0.142. The summed E-state index contributed by atoms with van der Waals surface area (Å²) in [6, 6.07) is 5.32. The number of pyridine rings is 1. The average Bonchev–Trinajstić information content (AvgIpc) is 3.28. The van der Waals surface area contributed by atoms with Crippen molar-refractivity contribution < 1.29 is 19.1 Å². The van der Waals surface area contributed by atoms with Crippen LogP contribution < -0.4 is 4.90 Å². The molecule has 4 rings (SSSR count). The number of ether oxygens (including phenoxy) is 1. The first kappa shape index (κ1) is 15.3. The van der Waals surface area contributed by atoms with E-state index in [1.165, 1.54) is 9.80 Å². The van der Waals surface area contributed by atoms with Crippen LogP contribution >= 0.6 is 0 Å². The number of hydrogen-bond donors (Lipinski definition) is 0. The van der Waals surface area contributed by atoms with Gasteiger partial charge < -0.3 is 4.74 Å². The van der Waals surface area contributed by atoms with Crippen molar-refractivity contribution in [2.45, 2.75) is 31.5 Å². The minimum absolute atomic E-state index is 0.0974. The van der Waals surface area contributed by atoms with E-state index >= 15 is 0 Å². The fraction of sp³-hybridized carbons (Fsp3) is 0.529. The molecule has 1 aromatic rings. The summed E-state index contributed by atoms with van der Waals surface area (Å²) in [6.07, 6.45) is 3.17. The number of likely N-dealkylation sites (tertiary alicyclic amines) is 1. The number of fused-ring (bicyclic) bond motifs is 5. The van der Waals surface area contributed by atoms with Gasteiger partial charge in [-0.25, -0.2) is 4.98 Å². The maximum atomic E-state index is 12.5. The molecule has 126 valence electrons. The van der Waals surface area contributed by atoms with Gasteiger partial charge in [0.2, 0.25) is 17.7 Å². The van der Waals surface area contributed by atoms with E-state index < -0.39 is 0 Å². The van der Waals surface area contributed by atoms with Crippen LogP contribution in [0.4, 0.5) is 5.82 Å². The van der Waals surface area contributed by atoms with Crippen LogP contribution in [0.2, 0.25) is 0 Å². The van der Waals surface area contributed by atoms with Crippen LogP contribution in [0.15, 0.2) is 24.4 Å². The van der Waals surface area contributed by atoms with Gasteiger partial charge >= 0.3 is 0 Å². The lowest BCUT2D eigenvalue weighted by Crippen LogP contribution is -2.38. The molecule has 7 nitrogen and oxygen atoms in total. The van der Waals surface area contributed by atoms with E-state index in [-0.39, 0.29) is 54.7 Å². The van der Waals surface area contributed by atoms with Gasteiger partial charge in [-0.3, -0.25) is 24.2 Å². The number of imide groups is 1. The highest BCUT2D eigenvalue weighted by atomic mass is 16.5. The number of anilines is 1. The molecule has 3 aliphatic heterocycles. The maximum absolute atomic E-state index is 12.5. The summed E-state index contributed by atoms with van der Waals surface area (Å²) in [5.41, 5.74) is 0. The second-order valence-electron chi connectivity index (χ2n) is 6.56. The summed E-state index contributed by atoms with van der Waals surface area (Å²) in [4.78, 5) is 44.2. The van der Waals surface area contributed by atoms with Crippen molar-refractivity contribution in [3.63, 3.8) is 0 Å². The fourth-order valence-electron chi connectivity index (χ4n) is 4.05. The number of carbonyl (C=O) groups is 3. The molecular weight excluding hydrogens is 310 g/mol. The molecule has 4 heterocycles. The molecule has 3 amide bonds. The molecule has 4 unspecified atom stereocenters. The Labute approximate surface area is 139 Å². The molecule has 0 N–H and O–H groups in total. The number of hydrogen-bond acceptors (Lipinski definition) is 5. The zero-order valence-electron chi connectivity index (χ0n) is 13.4. The number of carbonyl (C=O) groups excluding carboxylic acids is 3. The topological polar surface area (TPSA) is 79.8 Å². The molecule has 4 atom stereocenters. The van der Waals surface area contributed by atoms with Gasteiger partial charge in [0.05, 0.1) is 24.0 Å². The minimum atomic E-state index is -0.333. The quantitative estimate of drug-likeness (QED) is 0.756. The number of rotatable bonds is 4. The molecule has 0 saturated carbocycles. The summed E-state index contributed by atoms with van der Waals surface area (Å²) < 4.78 is 5.70. The smallest absolute Gasteiger partial charge is 0.235 e. The largest absolute Gasteiger partial charge is 0.373 e. The van der Waals surface area contributed by atoms with Crippen LogP contribution in [-0.2, 0) is 19.1 Å². The third kappa shape index (κ3) is 2.23. The van der Waals surface area contributed by atoms with Crippen molar-refractivity contribution in [3.8, 4) is 0 Å². The average molecular weight is 329 g/mol. The van der Waals surface area contributed by atoms with Gasteiger partial charge in [0.25, 0.3) is 0 Å². The highest BCUT2D eigenvalue weighted by Crippen LogP contribution is 2.48. The zero-order chi connectivity index (χ0) is 16.8. The summed E-state index contributed by atoms with van der Waals surface area (Å²) in [6.45, 7) is 0.125. The zero-order valence-corrected chi connectivity index (χ0v) is 13.4. The number of nitrogens with zero attached hydrogens (tertiary/aromatic N) is 3. The van der Waals surface area contributed by atoms with Crippen LogP contribution in [0.5, 0.6) is 0 Å². The molecule has 2 bridgehead atoms. The van der Waals surface area contributed by atoms with Crippen LogP contribution in [0, 0.1) is 11.8 Å². The second kappa shape index (κ2) is 5.66. The van der Waals surface area contributed by atoms with Gasteiger partial charge in [0.15, 0.2) is 0 Å². The summed E-state index contributed by atoms with van der Waals surface area (Å²) >= 11 is 0. The van der Waals surface area contributed by atoms with Gasteiger partial charge in [-0.05, 0) is 25.0 Å². The molecule has 3 fully saturated rings. The van der Waals surface area contributed by atoms with Crippen LogP contribution in [-0.4, -0.2) is 53.4 Å². The van der Waals surface area contributed by atoms with E-state index in [0.29, 0.717) is 5.82 Å². The van der Waals surface area contributed by atoms with E-state index in [9.17, 15) is 14.4 Å². The first-order valence-corrected chi connectivity index (χ1v) is 8.26. The van der Waals surface area contributed by atoms with Crippen LogP contribution in [0.25, 0.3) is 0 Å². The Morgan fingerprint density at radius 3 is 2.50 bits per heavy atom. The molecule has 3 aliphatic rings. The van der Waals surface area contributed by atoms with Crippen molar-refractivity contribution >= 4 is 23.5 Å². The first-order chi connectivity index (χ1) is 11.6. The summed E-state index contributed by atoms with van der Waals surface area (Å²) in [7, 11) is 1.64. The molecule has 0 aromatic carbocycles. The monoisotopic (exact) mass is 329 g/mol. The van der Waals surface area contributed by atoms with E-state index in [2.05, 4.69) is 4.98 Å². The summed E-state index contributed by atoms with van der Waals surface area (Å²) in [5.74, 6) is -0.647. The Bertz CT molecular complexity index is 664. The highest BCUT2D eigenvalue weighted by molar-refractivity contribution is 6.06. The maximum Gasteiger partial charge on any atom is 0.235 e. The third-order valence-electron chi connectivity index (χ3n) is 5.29. The highest BCUT2D eigenvalue weighted by Gasteiger charge is 2.62. The number of amides is 3. The Morgan fingerprint density at radius 2 is 1.92 bits per heavy atom. The lowest BCUT2D eigenvalue weighted by Gasteiger charge is -2.20. The lowest BCUT2D eigenvalue weighted by atomic mass is 9.81. The molecular formula is C17H19N3O4. The van der Waals surface area contributed by atoms with Crippen LogP contribution in [0.1, 0.15) is 19.3 Å². The summed E-state index contributed by atoms with van der Waals surface area (Å²) in [5, 5.41) is 0. The van der Waals surface area contributed by atoms with Crippen molar-refractivity contribution in [1.29, 1.82) is 0 Å². The molecule has 7 heteroatoms. The SMILES string of the molecule is CN(C(=O)CCN1C(=O)C2C3CCC(O3)C2C1=O)c1ccccn1. The van der Waals surface area contributed by atoms with E-state index in [1.807, 2.05) is 0 Å². The normalized spacial score (nSPS) is 30.8. The van der Waals surface area contributed by atoms with Gasteiger partial charge in [0, 0.05) is 26.2 Å². The number of aromatic nitrogens is 1. The Kier molecular flexibility index (Phi) is 3.60. The molecule has 0 spiro atoms. The molecule has 0 radical (unpaired) electrons. The first-order valence-electron chi connectivity index (χ1n) is 8.26. The van der Waals surface area contributed by atoms with Crippen molar-refractivity contribution in [2.24, 2.45) is 11.8 Å². The van der Waals surface area contributed by atoms with Gasteiger partial charge in [-0.15, -0.1) is 0 Å². The van der Waals surface area contributed by atoms with E-state index in [4.69, 9.17) is 4.74 Å². The van der Waals surface area contributed by atoms with E-state index in [0.717, 1.165) is 12.8 Å². The Hall–Kier alpha value is -2.28. The third-order valence-corrected chi connectivity index (χ3v) is 5.29. The molecule has 24 heavy (non-hydrogen) atoms. The minimum Gasteiger partial charge on any atom is -0.373 e. The predicted octanol–water partition coefficient (Wildman–Crippen LogP) is 0.597. The Balaban J connectivity index is 1.40. The van der Waals surface area contributed by atoms with Gasteiger partial charge in [0.1, 0.15) is 5.82 Å². The van der Waals surface area contributed by atoms with Crippen molar-refractivity contribution in [3.05, 3.63) is 24.4 Å². The standard InChI is InChI=1S/C17H19N3O4/c1-19(12-4-2-3-8-18-12)13(21)7-9-20-16(22)14-10-5-6-11(24-10)15(14)17(20)23/h2-4,8,10-11,14-15H,5-7,9H2,1H3.